The van der Waals surface area contributed by atoms with E-state index in [9.17, 15) is 19.5 Å². The summed E-state index contributed by atoms with van der Waals surface area (Å²) in [6.07, 6.45) is 6.80. The summed E-state index contributed by atoms with van der Waals surface area (Å²) in [5.74, 6) is -0.869. The normalized spacial score (nSPS) is 15.1. The molecule has 0 atom stereocenters. The van der Waals surface area contributed by atoms with Gasteiger partial charge in [-0.05, 0) is 31.4 Å². The lowest BCUT2D eigenvalue weighted by atomic mass is 9.90. The molecule has 1 aromatic carbocycles. The zero-order chi connectivity index (χ0) is 23.2. The lowest BCUT2D eigenvalue weighted by Gasteiger charge is -2.32. The number of hydrogen-bond donors (Lipinski definition) is 3. The number of aromatic hydroxyl groups is 1. The predicted molar refractivity (Wildman–Crippen MR) is 120 cm³/mol. The van der Waals surface area contributed by atoms with E-state index < -0.39 is 22.3 Å². The number of aryl methyl sites for hydroxylation is 2. The molecule has 3 aromatic rings. The summed E-state index contributed by atoms with van der Waals surface area (Å²) >= 11 is 0. The van der Waals surface area contributed by atoms with E-state index in [0.29, 0.717) is 0 Å². The fraction of sp³-hybridized carbons (Fsp3) is 0.409. The number of anilines is 3. The van der Waals surface area contributed by atoms with Crippen LogP contribution < -0.4 is 21.5 Å². The highest BCUT2D eigenvalue weighted by Crippen LogP contribution is 2.43. The first-order chi connectivity index (χ1) is 15.1. The van der Waals surface area contributed by atoms with Crippen LogP contribution >= 0.6 is 0 Å². The molecule has 1 fully saturated rings. The first-order valence-corrected chi connectivity index (χ1v) is 10.4. The first kappa shape index (κ1) is 21.5. The van der Waals surface area contributed by atoms with E-state index in [1.54, 1.807) is 18.8 Å². The van der Waals surface area contributed by atoms with E-state index in [-0.39, 0.29) is 28.5 Å². The van der Waals surface area contributed by atoms with E-state index >= 15 is 0 Å². The van der Waals surface area contributed by atoms with Gasteiger partial charge in [0.05, 0.1) is 16.9 Å². The van der Waals surface area contributed by atoms with E-state index in [1.165, 1.54) is 17.2 Å². The highest BCUT2D eigenvalue weighted by Gasteiger charge is 2.41. The van der Waals surface area contributed by atoms with Crippen LogP contribution in [0.4, 0.5) is 17.1 Å². The predicted octanol–water partition coefficient (Wildman–Crippen LogP) is 1.75. The summed E-state index contributed by atoms with van der Waals surface area (Å²) in [6.45, 7) is 1.98. The van der Waals surface area contributed by atoms with Crippen LogP contribution in [0.3, 0.4) is 0 Å². The number of hydrogen-bond acceptors (Lipinski definition) is 8. The van der Waals surface area contributed by atoms with Crippen LogP contribution in [0, 0.1) is 6.92 Å². The van der Waals surface area contributed by atoms with Gasteiger partial charge in [-0.25, -0.2) is 4.98 Å². The Hall–Kier alpha value is -3.69. The van der Waals surface area contributed by atoms with Crippen molar-refractivity contribution in [2.75, 3.05) is 24.7 Å². The van der Waals surface area contributed by atoms with Gasteiger partial charge in [-0.3, -0.25) is 19.1 Å². The third kappa shape index (κ3) is 3.41. The molecule has 3 N–H and O–H groups in total. The lowest BCUT2D eigenvalue weighted by Crippen LogP contribution is -2.43. The van der Waals surface area contributed by atoms with Crippen LogP contribution in [-0.2, 0) is 12.6 Å². The molecule has 1 saturated carbocycles. The Kier molecular flexibility index (Phi) is 5.23. The van der Waals surface area contributed by atoms with Crippen molar-refractivity contribution in [1.29, 1.82) is 0 Å². The molecular weight excluding hydrogens is 412 g/mol. The molecule has 0 radical (unpaired) electrons. The molecule has 1 aliphatic carbocycles. The topological polar surface area (TPSA) is 129 Å². The molecule has 32 heavy (non-hydrogen) atoms. The molecule has 4 rings (SSSR count). The number of rotatable bonds is 6. The van der Waals surface area contributed by atoms with Crippen LogP contribution in [0.2, 0.25) is 0 Å². The number of amides is 1. The number of aromatic nitrogens is 3. The molecular formula is C22H26N6O4. The average molecular weight is 438 g/mol. The second-order valence-corrected chi connectivity index (χ2v) is 8.54. The largest absolute Gasteiger partial charge is 0.504 e. The number of carbonyl (C=O) groups excluding carboxylic acids is 1. The SMILES string of the molecule is Cc1cn(C)nc1C1(Nc2c(Nc3ccnc(C(=O)N(C)C)c3O)c(=O)c2=O)CCCC1. The summed E-state index contributed by atoms with van der Waals surface area (Å²) in [4.78, 5) is 42.4. The van der Waals surface area contributed by atoms with Crippen molar-refractivity contribution in [3.05, 3.63) is 55.9 Å². The molecule has 2 aromatic heterocycles. The van der Waals surface area contributed by atoms with Crippen molar-refractivity contribution in [1.82, 2.24) is 19.7 Å². The van der Waals surface area contributed by atoms with Crippen LogP contribution in [0.15, 0.2) is 28.0 Å². The fourth-order valence-corrected chi connectivity index (χ4v) is 4.41. The second kappa shape index (κ2) is 7.77. The van der Waals surface area contributed by atoms with Gasteiger partial charge < -0.3 is 20.6 Å². The van der Waals surface area contributed by atoms with E-state index in [1.807, 2.05) is 20.2 Å². The number of nitrogens with one attached hydrogen (secondary N) is 2. The Morgan fingerprint density at radius 2 is 1.84 bits per heavy atom. The van der Waals surface area contributed by atoms with Gasteiger partial charge in [0, 0.05) is 33.5 Å². The Morgan fingerprint density at radius 1 is 1.19 bits per heavy atom. The van der Waals surface area contributed by atoms with Gasteiger partial charge in [0.1, 0.15) is 11.4 Å². The Bertz CT molecular complexity index is 1260. The second-order valence-electron chi connectivity index (χ2n) is 8.54. The molecule has 0 unspecified atom stereocenters. The standard InChI is InChI=1S/C22H26N6O4/c1-12-11-28(4)26-20(12)22(8-5-6-9-22)25-15-14(18(30)19(15)31)24-13-7-10-23-16(17(13)29)21(32)27(2)3/h7,10-11,25,29H,5-6,8-9H2,1-4H3,(H,23,24). The Balaban J connectivity index is 1.69. The zero-order valence-electron chi connectivity index (χ0n) is 18.5. The summed E-state index contributed by atoms with van der Waals surface area (Å²) < 4.78 is 1.74. The quantitative estimate of drug-likeness (QED) is 0.497. The molecule has 0 saturated heterocycles. The van der Waals surface area contributed by atoms with E-state index in [2.05, 4.69) is 20.7 Å². The molecule has 2 heterocycles. The molecule has 0 aliphatic heterocycles. The van der Waals surface area contributed by atoms with Crippen molar-refractivity contribution >= 4 is 23.0 Å². The van der Waals surface area contributed by atoms with Crippen molar-refractivity contribution in [3.8, 4) is 5.75 Å². The summed E-state index contributed by atoms with van der Waals surface area (Å²) in [6, 6.07) is 1.44. The van der Waals surface area contributed by atoms with Crippen LogP contribution in [0.5, 0.6) is 5.75 Å². The third-order valence-electron chi connectivity index (χ3n) is 5.99. The minimum Gasteiger partial charge on any atom is -0.504 e. The van der Waals surface area contributed by atoms with Gasteiger partial charge in [-0.2, -0.15) is 5.10 Å². The van der Waals surface area contributed by atoms with Crippen LogP contribution in [-0.4, -0.2) is 44.8 Å². The molecule has 1 aliphatic rings. The molecule has 0 spiro atoms. The number of nitrogens with zero attached hydrogens (tertiary/aromatic N) is 4. The maximum Gasteiger partial charge on any atom is 0.275 e. The monoisotopic (exact) mass is 438 g/mol. The van der Waals surface area contributed by atoms with Crippen molar-refractivity contribution in [3.63, 3.8) is 0 Å². The minimum absolute atomic E-state index is 0.0552. The van der Waals surface area contributed by atoms with Crippen molar-refractivity contribution < 1.29 is 9.90 Å². The smallest absolute Gasteiger partial charge is 0.275 e. The van der Waals surface area contributed by atoms with Gasteiger partial charge >= 0.3 is 0 Å². The van der Waals surface area contributed by atoms with Gasteiger partial charge in [0.15, 0.2) is 11.4 Å². The number of pyridine rings is 1. The fourth-order valence-electron chi connectivity index (χ4n) is 4.41. The third-order valence-corrected chi connectivity index (χ3v) is 5.99. The lowest BCUT2D eigenvalue weighted by molar-refractivity contribution is 0.0819. The summed E-state index contributed by atoms with van der Waals surface area (Å²) in [5, 5.41) is 21.3. The zero-order valence-corrected chi connectivity index (χ0v) is 18.5. The number of carbonyl (C=O) groups is 1. The molecule has 168 valence electrons. The maximum absolute atomic E-state index is 12.5. The minimum atomic E-state index is -0.685. The Labute approximate surface area is 184 Å². The summed E-state index contributed by atoms with van der Waals surface area (Å²) in [7, 11) is 4.94. The van der Waals surface area contributed by atoms with Crippen molar-refractivity contribution in [2.45, 2.75) is 38.1 Å². The van der Waals surface area contributed by atoms with Gasteiger partial charge in [-0.1, -0.05) is 12.8 Å². The van der Waals surface area contributed by atoms with Gasteiger partial charge in [-0.15, -0.1) is 0 Å². The summed E-state index contributed by atoms with van der Waals surface area (Å²) in [5.41, 5.74) is 0.213. The van der Waals surface area contributed by atoms with E-state index in [0.717, 1.165) is 36.9 Å². The first-order valence-electron chi connectivity index (χ1n) is 10.4. The molecule has 1 amide bonds. The highest BCUT2D eigenvalue weighted by atomic mass is 16.3. The molecule has 10 nitrogen and oxygen atoms in total. The average Bonchev–Trinajstić information content (AvgIpc) is 3.37. The van der Waals surface area contributed by atoms with Crippen LogP contribution in [0.1, 0.15) is 47.4 Å². The van der Waals surface area contributed by atoms with Crippen LogP contribution in [0.25, 0.3) is 0 Å². The van der Waals surface area contributed by atoms with E-state index in [4.69, 9.17) is 0 Å². The van der Waals surface area contributed by atoms with Gasteiger partial charge in [0.2, 0.25) is 0 Å². The van der Waals surface area contributed by atoms with Crippen molar-refractivity contribution in [2.24, 2.45) is 7.05 Å². The Morgan fingerprint density at radius 3 is 2.44 bits per heavy atom. The molecule has 0 bridgehead atoms. The maximum atomic E-state index is 12.5. The highest BCUT2D eigenvalue weighted by molar-refractivity contribution is 5.97. The molecule has 10 heteroatoms. The van der Waals surface area contributed by atoms with Gasteiger partial charge in [0.25, 0.3) is 16.8 Å².